The van der Waals surface area contributed by atoms with E-state index in [1.807, 2.05) is 26.0 Å². The SMILES string of the molecule is CC(=Nc1c(C)cc(C)cc1C)c1cc(Cl)cc(C(C)=Nc2c(C)cc(C)cc2C)n1.[Cl-].[Cl-].[Co+2]. The molecular weight excluding hydrogens is 532 g/mol. The van der Waals surface area contributed by atoms with Gasteiger partial charge in [-0.3, -0.25) is 9.98 Å². The average molecular weight is 562 g/mol. The maximum atomic E-state index is 6.46. The standard InChI is InChI=1S/C27H30ClN3.2ClH.Co/c1-15-9-17(3)26(18(4)10-15)29-21(7)24-13-23(28)14-25(31-24)22(8)30-27-19(5)11-16(2)12-20(27)6;;;/h9-14H,1-8H3;2*1H;/q;;;+2/p-2. The van der Waals surface area contributed by atoms with Crippen LogP contribution in [0.25, 0.3) is 0 Å². The molecule has 3 nitrogen and oxygen atoms in total. The normalized spacial score (nSPS) is 11.3. The van der Waals surface area contributed by atoms with Gasteiger partial charge in [0.15, 0.2) is 0 Å². The van der Waals surface area contributed by atoms with Gasteiger partial charge in [0.2, 0.25) is 0 Å². The molecule has 0 saturated carbocycles. The molecule has 7 heteroatoms. The number of pyridine rings is 1. The van der Waals surface area contributed by atoms with Crippen molar-refractivity contribution in [1.29, 1.82) is 0 Å². The van der Waals surface area contributed by atoms with Crippen LogP contribution in [0.1, 0.15) is 58.6 Å². The summed E-state index contributed by atoms with van der Waals surface area (Å²) in [6.45, 7) is 16.5. The summed E-state index contributed by atoms with van der Waals surface area (Å²) in [5.74, 6) is 0. The number of aromatic nitrogens is 1. The van der Waals surface area contributed by atoms with Crippen molar-refractivity contribution in [1.82, 2.24) is 4.98 Å². The monoisotopic (exact) mass is 560 g/mol. The van der Waals surface area contributed by atoms with Crippen LogP contribution in [0.3, 0.4) is 0 Å². The van der Waals surface area contributed by atoms with E-state index in [2.05, 4.69) is 65.8 Å². The fourth-order valence-electron chi connectivity index (χ4n) is 4.02. The van der Waals surface area contributed by atoms with E-state index >= 15 is 0 Å². The molecule has 0 N–H and O–H groups in total. The molecule has 0 saturated heterocycles. The van der Waals surface area contributed by atoms with Crippen LogP contribution in [-0.4, -0.2) is 16.4 Å². The van der Waals surface area contributed by atoms with E-state index in [9.17, 15) is 0 Å². The molecule has 0 fully saturated rings. The molecule has 0 unspecified atom stereocenters. The topological polar surface area (TPSA) is 37.6 Å². The molecule has 0 aliphatic rings. The van der Waals surface area contributed by atoms with Crippen molar-refractivity contribution in [3.05, 3.63) is 86.2 Å². The Bertz CT molecular complexity index is 1100. The minimum absolute atomic E-state index is 0. The Hall–Kier alpha value is -1.69. The summed E-state index contributed by atoms with van der Waals surface area (Å²) in [7, 11) is 0. The number of halogens is 3. The van der Waals surface area contributed by atoms with Gasteiger partial charge in [0.25, 0.3) is 0 Å². The van der Waals surface area contributed by atoms with Gasteiger partial charge < -0.3 is 24.8 Å². The fraction of sp³-hybridized carbons (Fsp3) is 0.296. The van der Waals surface area contributed by atoms with E-state index in [4.69, 9.17) is 26.6 Å². The zero-order valence-corrected chi connectivity index (χ0v) is 24.1. The van der Waals surface area contributed by atoms with Gasteiger partial charge in [-0.15, -0.1) is 0 Å². The van der Waals surface area contributed by atoms with E-state index in [1.54, 1.807) is 0 Å². The fourth-order valence-corrected chi connectivity index (χ4v) is 4.22. The summed E-state index contributed by atoms with van der Waals surface area (Å²) in [6.07, 6.45) is 0. The van der Waals surface area contributed by atoms with E-state index in [0.29, 0.717) is 5.02 Å². The van der Waals surface area contributed by atoms with Gasteiger partial charge in [-0.25, -0.2) is 4.98 Å². The smallest absolute Gasteiger partial charge is 1.00 e. The molecule has 1 heterocycles. The minimum Gasteiger partial charge on any atom is -1.00 e. The van der Waals surface area contributed by atoms with Crippen molar-refractivity contribution in [2.45, 2.75) is 55.4 Å². The third kappa shape index (κ3) is 7.66. The average Bonchev–Trinajstić information content (AvgIpc) is 2.66. The molecular formula is C27H30Cl3CoN3. The molecule has 0 amide bonds. The van der Waals surface area contributed by atoms with Gasteiger partial charge in [-0.05, 0) is 89.8 Å². The summed E-state index contributed by atoms with van der Waals surface area (Å²) in [5.41, 5.74) is 12.2. The zero-order chi connectivity index (χ0) is 22.9. The van der Waals surface area contributed by atoms with Crippen LogP contribution in [0.15, 0.2) is 46.4 Å². The van der Waals surface area contributed by atoms with Gasteiger partial charge >= 0.3 is 16.8 Å². The number of nitrogens with zero attached hydrogens (tertiary/aromatic N) is 3. The van der Waals surface area contributed by atoms with Crippen molar-refractivity contribution >= 4 is 34.4 Å². The number of hydrogen-bond acceptors (Lipinski definition) is 3. The van der Waals surface area contributed by atoms with Crippen molar-refractivity contribution in [2.75, 3.05) is 0 Å². The van der Waals surface area contributed by atoms with Gasteiger partial charge in [-0.1, -0.05) is 47.0 Å². The van der Waals surface area contributed by atoms with Crippen molar-refractivity contribution in [3.8, 4) is 0 Å². The summed E-state index contributed by atoms with van der Waals surface area (Å²) in [6, 6.07) is 12.3. The Balaban J connectivity index is 0.00000363. The molecule has 3 rings (SSSR count). The van der Waals surface area contributed by atoms with Crippen LogP contribution in [0.4, 0.5) is 11.4 Å². The largest absolute Gasteiger partial charge is 2.00 e. The molecule has 34 heavy (non-hydrogen) atoms. The summed E-state index contributed by atoms with van der Waals surface area (Å²) in [5, 5.41) is 0.624. The van der Waals surface area contributed by atoms with Crippen LogP contribution in [0.5, 0.6) is 0 Å². The van der Waals surface area contributed by atoms with Crippen molar-refractivity contribution in [3.63, 3.8) is 0 Å². The Labute approximate surface area is 231 Å². The molecule has 2 aromatic carbocycles. The molecule has 183 valence electrons. The molecule has 1 radical (unpaired) electrons. The molecule has 0 atom stereocenters. The van der Waals surface area contributed by atoms with E-state index < -0.39 is 0 Å². The van der Waals surface area contributed by atoms with Gasteiger partial charge in [-0.2, -0.15) is 0 Å². The van der Waals surface area contributed by atoms with Crippen LogP contribution in [0.2, 0.25) is 5.02 Å². The van der Waals surface area contributed by atoms with Crippen LogP contribution >= 0.6 is 11.6 Å². The van der Waals surface area contributed by atoms with Gasteiger partial charge in [0.05, 0.1) is 34.2 Å². The molecule has 3 aromatic rings. The number of hydrogen-bond donors (Lipinski definition) is 0. The number of benzene rings is 2. The second-order valence-corrected chi connectivity index (χ2v) is 8.88. The molecule has 0 spiro atoms. The zero-order valence-electron chi connectivity index (χ0n) is 20.8. The Morgan fingerprint density at radius 1 is 0.618 bits per heavy atom. The van der Waals surface area contributed by atoms with Gasteiger partial charge in [0.1, 0.15) is 0 Å². The first-order valence-corrected chi connectivity index (χ1v) is 10.9. The summed E-state index contributed by atoms with van der Waals surface area (Å²) < 4.78 is 0. The van der Waals surface area contributed by atoms with Crippen molar-refractivity contribution < 1.29 is 41.6 Å². The van der Waals surface area contributed by atoms with Crippen molar-refractivity contribution in [2.24, 2.45) is 9.98 Å². The Morgan fingerprint density at radius 3 is 1.21 bits per heavy atom. The second kappa shape index (κ2) is 13.4. The first kappa shape index (κ1) is 32.3. The summed E-state index contributed by atoms with van der Waals surface area (Å²) in [4.78, 5) is 14.6. The maximum absolute atomic E-state index is 6.46. The molecule has 0 aliphatic heterocycles. The van der Waals surface area contributed by atoms with Crippen LogP contribution in [0, 0.1) is 41.5 Å². The Kier molecular flexibility index (Phi) is 12.7. The number of aryl methyl sites for hydroxylation is 6. The Morgan fingerprint density at radius 2 is 0.912 bits per heavy atom. The third-order valence-electron chi connectivity index (χ3n) is 5.36. The van der Waals surface area contributed by atoms with E-state index in [0.717, 1.165) is 56.4 Å². The van der Waals surface area contributed by atoms with Crippen LogP contribution in [-0.2, 0) is 16.8 Å². The molecule has 0 aliphatic carbocycles. The number of rotatable bonds is 4. The second-order valence-electron chi connectivity index (χ2n) is 8.44. The summed E-state index contributed by atoms with van der Waals surface area (Å²) >= 11 is 6.46. The maximum Gasteiger partial charge on any atom is 2.00 e. The number of aliphatic imine (C=N–C) groups is 2. The predicted molar refractivity (Wildman–Crippen MR) is 134 cm³/mol. The van der Waals surface area contributed by atoms with Crippen LogP contribution < -0.4 is 24.8 Å². The van der Waals surface area contributed by atoms with E-state index in [-0.39, 0.29) is 41.6 Å². The van der Waals surface area contributed by atoms with Gasteiger partial charge in [0, 0.05) is 5.02 Å². The minimum atomic E-state index is 0. The quantitative estimate of drug-likeness (QED) is 0.449. The first-order valence-electron chi connectivity index (χ1n) is 10.5. The first-order chi connectivity index (χ1) is 14.5. The van der Waals surface area contributed by atoms with E-state index in [1.165, 1.54) is 11.1 Å². The predicted octanol–water partition coefficient (Wildman–Crippen LogP) is 1.87. The molecule has 1 aromatic heterocycles. The molecule has 0 bridgehead atoms. The third-order valence-corrected chi connectivity index (χ3v) is 5.58.